The highest BCUT2D eigenvalue weighted by Crippen LogP contribution is 2.36. The molecular formula is C41H44N2O7. The smallest absolute Gasteiger partial charge is 0.410 e. The highest BCUT2D eigenvalue weighted by atomic mass is 16.6. The number of methoxy groups -OCH3 is 1. The molecule has 2 heterocycles. The van der Waals surface area contributed by atoms with E-state index in [0.29, 0.717) is 32.8 Å². The Hall–Kier alpha value is -5.12. The summed E-state index contributed by atoms with van der Waals surface area (Å²) in [5, 5.41) is 0.936. The number of piperidine rings is 1. The number of rotatable bonds is 15. The number of Topliss-reactive ketones (excluding diaryl/α,β-unsaturated/α-hetero) is 1. The number of hydrogen-bond donors (Lipinski definition) is 1. The fraction of sp³-hybridized carbons (Fsp3) is 0.317. The summed E-state index contributed by atoms with van der Waals surface area (Å²) in [7, 11) is 1.66. The second-order valence-corrected chi connectivity index (χ2v) is 12.5. The molecule has 260 valence electrons. The lowest BCUT2D eigenvalue weighted by atomic mass is 9.86. The number of aromatic amines is 1. The molecule has 6 rings (SSSR count). The molecule has 1 aliphatic heterocycles. The fourth-order valence-electron chi connectivity index (χ4n) is 6.48. The Morgan fingerprint density at radius 3 is 2.48 bits per heavy atom. The first-order valence-electron chi connectivity index (χ1n) is 17.1. The minimum atomic E-state index is -0.796. The Labute approximate surface area is 293 Å². The van der Waals surface area contributed by atoms with Gasteiger partial charge in [0.2, 0.25) is 0 Å². The van der Waals surface area contributed by atoms with Crippen LogP contribution in [0, 0.1) is 0 Å². The van der Waals surface area contributed by atoms with Crippen molar-refractivity contribution in [2.75, 3.05) is 33.4 Å². The van der Waals surface area contributed by atoms with E-state index in [2.05, 4.69) is 4.98 Å². The summed E-state index contributed by atoms with van der Waals surface area (Å²) in [6.07, 6.45) is 1.60. The lowest BCUT2D eigenvalue weighted by molar-refractivity contribution is -0.136. The van der Waals surface area contributed by atoms with Crippen LogP contribution in [0.1, 0.15) is 54.0 Å². The largest absolute Gasteiger partial charge is 0.496 e. The summed E-state index contributed by atoms with van der Waals surface area (Å²) in [6, 6.07) is 33.3. The van der Waals surface area contributed by atoms with E-state index in [0.717, 1.165) is 51.1 Å². The van der Waals surface area contributed by atoms with Gasteiger partial charge in [0.25, 0.3) is 0 Å². The van der Waals surface area contributed by atoms with Crippen molar-refractivity contribution in [2.45, 2.75) is 51.1 Å². The molecule has 1 aromatic heterocycles. The zero-order valence-corrected chi connectivity index (χ0v) is 28.6. The lowest BCUT2D eigenvalue weighted by Crippen LogP contribution is -2.47. The molecule has 0 bridgehead atoms. The number of nitrogens with one attached hydrogen (secondary N) is 1. The van der Waals surface area contributed by atoms with Crippen molar-refractivity contribution in [1.82, 2.24) is 9.88 Å². The molecule has 1 N–H and O–H groups in total. The highest BCUT2D eigenvalue weighted by molar-refractivity contribution is 5.90. The first-order chi connectivity index (χ1) is 24.5. The van der Waals surface area contributed by atoms with Crippen LogP contribution in [-0.2, 0) is 32.2 Å². The molecule has 0 radical (unpaired) electrons. The molecule has 3 unspecified atom stereocenters. The highest BCUT2D eigenvalue weighted by Gasteiger charge is 2.37. The minimum Gasteiger partial charge on any atom is -0.496 e. The van der Waals surface area contributed by atoms with Crippen molar-refractivity contribution in [2.24, 2.45) is 0 Å². The third-order valence-corrected chi connectivity index (χ3v) is 9.07. The van der Waals surface area contributed by atoms with Crippen molar-refractivity contribution in [1.29, 1.82) is 0 Å². The molecule has 9 nitrogen and oxygen atoms in total. The summed E-state index contributed by atoms with van der Waals surface area (Å²) < 4.78 is 29.7. The number of fused-ring (bicyclic) bond motifs is 1. The maximum Gasteiger partial charge on any atom is 0.410 e. The van der Waals surface area contributed by atoms with Gasteiger partial charge in [0.15, 0.2) is 5.78 Å². The monoisotopic (exact) mass is 676 g/mol. The average molecular weight is 677 g/mol. The summed E-state index contributed by atoms with van der Waals surface area (Å²) >= 11 is 0. The van der Waals surface area contributed by atoms with E-state index in [1.807, 2.05) is 109 Å². The summed E-state index contributed by atoms with van der Waals surface area (Å²) in [5.74, 6) is 1.42. The maximum atomic E-state index is 13.2. The predicted octanol–water partition coefficient (Wildman–Crippen LogP) is 8.00. The SMILES string of the molecule is COc1ccccc1COCCCOc1ccc(C2CCN(C(=O)OCc3ccccc3)CC2OC(C(C)=O)c2cccc3[nH]ccc23)cc1. The molecule has 5 aromatic rings. The Bertz CT molecular complexity index is 1840. The Morgan fingerprint density at radius 2 is 1.68 bits per heavy atom. The van der Waals surface area contributed by atoms with Crippen molar-refractivity contribution >= 4 is 22.8 Å². The number of H-pyrrole nitrogens is 1. The number of amides is 1. The molecule has 0 saturated carbocycles. The van der Waals surface area contributed by atoms with Gasteiger partial charge in [-0.05, 0) is 60.4 Å². The molecule has 3 atom stereocenters. The van der Waals surface area contributed by atoms with Crippen molar-refractivity contribution < 1.29 is 33.3 Å². The van der Waals surface area contributed by atoms with Crippen LogP contribution in [0.5, 0.6) is 11.5 Å². The number of ether oxygens (including phenoxy) is 5. The van der Waals surface area contributed by atoms with E-state index in [1.54, 1.807) is 18.9 Å². The zero-order valence-electron chi connectivity index (χ0n) is 28.6. The van der Waals surface area contributed by atoms with Crippen molar-refractivity contribution in [3.8, 4) is 11.5 Å². The number of carbonyl (C=O) groups excluding carboxylic acids is 2. The number of ketones is 1. The quantitative estimate of drug-likeness (QED) is 0.112. The van der Waals surface area contributed by atoms with E-state index in [9.17, 15) is 9.59 Å². The molecule has 0 aliphatic carbocycles. The van der Waals surface area contributed by atoms with Gasteiger partial charge < -0.3 is 33.6 Å². The predicted molar refractivity (Wildman–Crippen MR) is 191 cm³/mol. The average Bonchev–Trinajstić information content (AvgIpc) is 3.65. The minimum absolute atomic E-state index is 0.0575. The van der Waals surface area contributed by atoms with E-state index >= 15 is 0 Å². The summed E-state index contributed by atoms with van der Waals surface area (Å²) in [4.78, 5) is 31.3. The van der Waals surface area contributed by atoms with Gasteiger partial charge in [-0.25, -0.2) is 4.79 Å². The van der Waals surface area contributed by atoms with Crippen LogP contribution in [0.3, 0.4) is 0 Å². The van der Waals surface area contributed by atoms with Gasteiger partial charge in [-0.2, -0.15) is 0 Å². The molecule has 1 amide bonds. The number of benzene rings is 4. The third kappa shape index (κ3) is 8.72. The Morgan fingerprint density at radius 1 is 0.880 bits per heavy atom. The van der Waals surface area contributed by atoms with Crippen LogP contribution in [0.15, 0.2) is 109 Å². The zero-order chi connectivity index (χ0) is 34.7. The second kappa shape index (κ2) is 17.0. The van der Waals surface area contributed by atoms with E-state index in [4.69, 9.17) is 23.7 Å². The van der Waals surface area contributed by atoms with Gasteiger partial charge in [0, 0.05) is 41.5 Å². The van der Waals surface area contributed by atoms with Crippen LogP contribution >= 0.6 is 0 Å². The second-order valence-electron chi connectivity index (χ2n) is 12.5. The van der Waals surface area contributed by atoms with Crippen molar-refractivity contribution in [3.05, 3.63) is 132 Å². The molecule has 0 spiro atoms. The first-order valence-corrected chi connectivity index (χ1v) is 17.1. The van der Waals surface area contributed by atoms with Crippen LogP contribution in [0.2, 0.25) is 0 Å². The number of hydrogen-bond acceptors (Lipinski definition) is 7. The third-order valence-electron chi connectivity index (χ3n) is 9.07. The number of likely N-dealkylation sites (tertiary alicyclic amines) is 1. The summed E-state index contributed by atoms with van der Waals surface area (Å²) in [5.41, 5.74) is 4.72. The van der Waals surface area contributed by atoms with E-state index in [1.165, 1.54) is 0 Å². The van der Waals surface area contributed by atoms with Gasteiger partial charge in [0.05, 0.1) is 39.6 Å². The number of nitrogens with zero attached hydrogens (tertiary/aromatic N) is 1. The normalized spacial score (nSPS) is 16.6. The topological polar surface area (TPSA) is 99.3 Å². The molecule has 1 aliphatic rings. The molecular weight excluding hydrogens is 632 g/mol. The van der Waals surface area contributed by atoms with Crippen LogP contribution in [0.25, 0.3) is 10.9 Å². The van der Waals surface area contributed by atoms with E-state index in [-0.39, 0.29) is 24.9 Å². The van der Waals surface area contributed by atoms with Gasteiger partial charge in [-0.3, -0.25) is 4.79 Å². The lowest BCUT2D eigenvalue weighted by Gasteiger charge is -2.39. The Balaban J connectivity index is 1.11. The molecule has 1 fully saturated rings. The fourth-order valence-corrected chi connectivity index (χ4v) is 6.48. The molecule has 4 aromatic carbocycles. The standard InChI is InChI=1S/C41H44N2O7/c1-29(44)40(36-13-8-14-37-35(36)20-22-42-37)50-39-26-43(41(45)49-27-30-10-4-3-5-11-30)23-21-34(39)31-16-18-33(19-17-31)48-25-9-24-47-28-32-12-6-7-15-38(32)46-2/h3-8,10-20,22,34,39-40,42H,9,21,23-28H2,1-2H3. The van der Waals surface area contributed by atoms with Gasteiger partial charge in [-0.15, -0.1) is 0 Å². The van der Waals surface area contributed by atoms with Gasteiger partial charge >= 0.3 is 6.09 Å². The molecule has 50 heavy (non-hydrogen) atoms. The molecule has 9 heteroatoms. The first kappa shape index (κ1) is 34.7. The Kier molecular flexibility index (Phi) is 11.8. The van der Waals surface area contributed by atoms with Gasteiger partial charge in [0.1, 0.15) is 24.2 Å². The molecule has 1 saturated heterocycles. The van der Waals surface area contributed by atoms with Crippen LogP contribution in [0.4, 0.5) is 4.79 Å². The van der Waals surface area contributed by atoms with E-state index < -0.39 is 18.3 Å². The number of aromatic nitrogens is 1. The van der Waals surface area contributed by atoms with Crippen LogP contribution in [-0.4, -0.2) is 61.3 Å². The number of para-hydroxylation sites is 1. The number of carbonyl (C=O) groups is 2. The van der Waals surface area contributed by atoms with Crippen LogP contribution < -0.4 is 9.47 Å². The van der Waals surface area contributed by atoms with Crippen molar-refractivity contribution in [3.63, 3.8) is 0 Å². The maximum absolute atomic E-state index is 13.2. The summed E-state index contributed by atoms with van der Waals surface area (Å²) in [6.45, 7) is 4.10. The van der Waals surface area contributed by atoms with Gasteiger partial charge in [-0.1, -0.05) is 72.8 Å².